The maximum absolute atomic E-state index is 11.5. The summed E-state index contributed by atoms with van der Waals surface area (Å²) >= 11 is -0.883. The monoisotopic (exact) mass is 350 g/mol. The number of benzene rings is 2. The first-order valence-corrected chi connectivity index (χ1v) is 9.07. The van der Waals surface area contributed by atoms with Crippen LogP contribution < -0.4 is 9.46 Å². The van der Waals surface area contributed by atoms with E-state index in [2.05, 4.69) is 4.72 Å². The SMILES string of the molecule is CSc1ccccc1OCc1cc(C(C)=O)ccc1NS(=O)[O-]. The number of Topliss-reactive ketones (excluding diaryl/α,β-unsaturated/α-hetero) is 1. The number of thioether (sulfide) groups is 1. The average molecular weight is 350 g/mol. The van der Waals surface area contributed by atoms with E-state index in [0.717, 1.165) is 4.90 Å². The molecule has 0 aliphatic carbocycles. The molecule has 0 saturated heterocycles. The van der Waals surface area contributed by atoms with Crippen LogP contribution >= 0.6 is 11.8 Å². The summed E-state index contributed by atoms with van der Waals surface area (Å²) in [6, 6.07) is 12.4. The molecule has 1 unspecified atom stereocenters. The van der Waals surface area contributed by atoms with E-state index < -0.39 is 11.3 Å². The van der Waals surface area contributed by atoms with Gasteiger partial charge in [0, 0.05) is 27.3 Å². The molecule has 0 aliphatic rings. The van der Waals surface area contributed by atoms with Gasteiger partial charge in [-0.25, -0.2) is 0 Å². The van der Waals surface area contributed by atoms with Crippen LogP contribution in [0.2, 0.25) is 0 Å². The van der Waals surface area contributed by atoms with Crippen molar-refractivity contribution in [3.63, 3.8) is 0 Å². The van der Waals surface area contributed by atoms with E-state index in [0.29, 0.717) is 22.6 Å². The van der Waals surface area contributed by atoms with Crippen LogP contribution in [0.3, 0.4) is 0 Å². The van der Waals surface area contributed by atoms with Crippen LogP contribution in [0.15, 0.2) is 47.4 Å². The van der Waals surface area contributed by atoms with Gasteiger partial charge >= 0.3 is 0 Å². The number of hydrogen-bond donors (Lipinski definition) is 1. The number of nitrogens with one attached hydrogen (secondary N) is 1. The quantitative estimate of drug-likeness (QED) is 0.470. The van der Waals surface area contributed by atoms with Crippen molar-refractivity contribution in [2.45, 2.75) is 18.4 Å². The predicted molar refractivity (Wildman–Crippen MR) is 91.5 cm³/mol. The van der Waals surface area contributed by atoms with E-state index in [4.69, 9.17) is 4.74 Å². The number of para-hydroxylation sites is 1. The molecule has 2 aromatic rings. The molecule has 1 atom stereocenters. The predicted octanol–water partition coefficient (Wildman–Crippen LogP) is 3.40. The van der Waals surface area contributed by atoms with Gasteiger partial charge in [0.05, 0.1) is 5.69 Å². The minimum absolute atomic E-state index is 0.0921. The van der Waals surface area contributed by atoms with E-state index in [9.17, 15) is 13.6 Å². The molecule has 0 aromatic heterocycles. The Balaban J connectivity index is 2.27. The standard InChI is InChI=1S/C16H17NO4S2/c1-11(18)12-7-8-14(17-23(19)20)13(9-12)10-21-15-5-3-4-6-16(15)22-2/h3-9,17H,10H2,1-2H3,(H,19,20)/p-1. The molecule has 0 spiro atoms. The highest BCUT2D eigenvalue weighted by atomic mass is 32.2. The minimum Gasteiger partial charge on any atom is -0.755 e. The number of carbonyl (C=O) groups excluding carboxylic acids is 1. The Morgan fingerprint density at radius 3 is 2.70 bits per heavy atom. The molecule has 0 radical (unpaired) electrons. The second-order valence-corrected chi connectivity index (χ2v) is 6.23. The Hall–Kier alpha value is -1.83. The van der Waals surface area contributed by atoms with Crippen LogP contribution in [0.4, 0.5) is 5.69 Å². The Labute approximate surface area is 141 Å². The number of ether oxygens (including phenoxy) is 1. The summed E-state index contributed by atoms with van der Waals surface area (Å²) < 4.78 is 29.9. The van der Waals surface area contributed by atoms with E-state index in [1.54, 1.807) is 30.0 Å². The van der Waals surface area contributed by atoms with Gasteiger partial charge in [-0.1, -0.05) is 12.1 Å². The molecule has 2 rings (SSSR count). The van der Waals surface area contributed by atoms with Crippen molar-refractivity contribution in [3.05, 3.63) is 53.6 Å². The molecule has 0 fully saturated rings. The Morgan fingerprint density at radius 1 is 1.30 bits per heavy atom. The lowest BCUT2D eigenvalue weighted by Crippen LogP contribution is -2.08. The Morgan fingerprint density at radius 2 is 2.04 bits per heavy atom. The van der Waals surface area contributed by atoms with Gasteiger partial charge in [0.1, 0.15) is 12.4 Å². The second kappa shape index (κ2) is 8.14. The first kappa shape index (κ1) is 17.5. The van der Waals surface area contributed by atoms with Crippen LogP contribution in [-0.4, -0.2) is 20.8 Å². The van der Waals surface area contributed by atoms with Gasteiger partial charge in [-0.2, -0.15) is 0 Å². The summed E-state index contributed by atoms with van der Waals surface area (Å²) in [6.45, 7) is 1.61. The van der Waals surface area contributed by atoms with Gasteiger partial charge in [0.25, 0.3) is 0 Å². The topological polar surface area (TPSA) is 78.5 Å². The number of carbonyl (C=O) groups is 1. The van der Waals surface area contributed by atoms with E-state index in [-0.39, 0.29) is 12.4 Å². The minimum atomic E-state index is -2.44. The third-order valence-corrected chi connectivity index (χ3v) is 4.32. The summed E-state index contributed by atoms with van der Waals surface area (Å²) in [7, 11) is 0. The van der Waals surface area contributed by atoms with Gasteiger partial charge in [0.15, 0.2) is 5.78 Å². The molecule has 7 heteroatoms. The lowest BCUT2D eigenvalue weighted by molar-refractivity contribution is 0.101. The molecular weight excluding hydrogens is 334 g/mol. The van der Waals surface area contributed by atoms with Crippen LogP contribution in [0.1, 0.15) is 22.8 Å². The number of ketones is 1. The van der Waals surface area contributed by atoms with Crippen LogP contribution in [0, 0.1) is 0 Å². The van der Waals surface area contributed by atoms with Crippen molar-refractivity contribution < 1.29 is 18.3 Å². The highest BCUT2D eigenvalue weighted by molar-refractivity contribution is 7.98. The van der Waals surface area contributed by atoms with E-state index in [1.165, 1.54) is 6.92 Å². The third-order valence-electron chi connectivity index (χ3n) is 3.16. The summed E-state index contributed by atoms with van der Waals surface area (Å²) in [5.74, 6) is 0.619. The summed E-state index contributed by atoms with van der Waals surface area (Å²) in [5.41, 5.74) is 1.49. The summed E-state index contributed by atoms with van der Waals surface area (Å²) in [6.07, 6.45) is 1.95. The summed E-state index contributed by atoms with van der Waals surface area (Å²) in [4.78, 5) is 12.5. The maximum Gasteiger partial charge on any atom is 0.159 e. The maximum atomic E-state index is 11.5. The fourth-order valence-electron chi connectivity index (χ4n) is 2.02. The smallest absolute Gasteiger partial charge is 0.159 e. The molecule has 5 nitrogen and oxygen atoms in total. The van der Waals surface area contributed by atoms with Crippen molar-refractivity contribution in [3.8, 4) is 5.75 Å². The fraction of sp³-hybridized carbons (Fsp3) is 0.188. The zero-order valence-corrected chi connectivity index (χ0v) is 14.3. The van der Waals surface area contributed by atoms with Crippen molar-refractivity contribution in [1.29, 1.82) is 0 Å². The zero-order valence-electron chi connectivity index (χ0n) is 12.7. The van der Waals surface area contributed by atoms with Crippen molar-refractivity contribution >= 4 is 34.5 Å². The molecule has 0 saturated carbocycles. The molecule has 0 aliphatic heterocycles. The largest absolute Gasteiger partial charge is 0.755 e. The van der Waals surface area contributed by atoms with Crippen LogP contribution in [-0.2, 0) is 17.9 Å². The van der Waals surface area contributed by atoms with Crippen LogP contribution in [0.5, 0.6) is 5.75 Å². The first-order valence-electron chi connectivity index (χ1n) is 6.77. The van der Waals surface area contributed by atoms with Crippen molar-refractivity contribution in [2.75, 3.05) is 11.0 Å². The molecule has 0 bridgehead atoms. The molecule has 0 heterocycles. The molecule has 2 aromatic carbocycles. The number of anilines is 1. The highest BCUT2D eigenvalue weighted by Gasteiger charge is 2.09. The Bertz CT molecular complexity index is 734. The van der Waals surface area contributed by atoms with Gasteiger partial charge in [-0.05, 0) is 43.5 Å². The molecule has 122 valence electrons. The average Bonchev–Trinajstić information content (AvgIpc) is 2.53. The van der Waals surface area contributed by atoms with E-state index in [1.807, 2.05) is 30.5 Å². The van der Waals surface area contributed by atoms with Crippen LogP contribution in [0.25, 0.3) is 0 Å². The molecule has 1 N–H and O–H groups in total. The second-order valence-electron chi connectivity index (χ2n) is 4.70. The fourth-order valence-corrected chi connectivity index (χ4v) is 2.94. The van der Waals surface area contributed by atoms with Crippen molar-refractivity contribution in [1.82, 2.24) is 0 Å². The number of hydrogen-bond acceptors (Lipinski definition) is 5. The first-order chi connectivity index (χ1) is 11.0. The Kier molecular flexibility index (Phi) is 6.20. The number of rotatable bonds is 7. The zero-order chi connectivity index (χ0) is 16.8. The third kappa shape index (κ3) is 4.82. The molecule has 0 amide bonds. The van der Waals surface area contributed by atoms with Gasteiger partial charge < -0.3 is 14.0 Å². The lowest BCUT2D eigenvalue weighted by Gasteiger charge is -2.16. The molecule has 23 heavy (non-hydrogen) atoms. The van der Waals surface area contributed by atoms with Gasteiger partial charge in [0.2, 0.25) is 0 Å². The van der Waals surface area contributed by atoms with Crippen molar-refractivity contribution in [2.24, 2.45) is 0 Å². The summed E-state index contributed by atoms with van der Waals surface area (Å²) in [5, 5.41) is 0. The normalized spacial score (nSPS) is 11.8. The van der Waals surface area contributed by atoms with Gasteiger partial charge in [-0.15, -0.1) is 11.8 Å². The molecular formula is C16H16NO4S2-. The highest BCUT2D eigenvalue weighted by Crippen LogP contribution is 2.28. The lowest BCUT2D eigenvalue weighted by atomic mass is 10.1. The van der Waals surface area contributed by atoms with E-state index >= 15 is 0 Å². The van der Waals surface area contributed by atoms with Gasteiger partial charge in [-0.3, -0.25) is 9.00 Å².